The van der Waals surface area contributed by atoms with Crippen molar-refractivity contribution >= 4 is 11.7 Å². The fourth-order valence-corrected chi connectivity index (χ4v) is 2.33. The van der Waals surface area contributed by atoms with Crippen LogP contribution in [0.2, 0.25) is 0 Å². The second kappa shape index (κ2) is 14.5. The Morgan fingerprint density at radius 3 is 1.97 bits per heavy atom. The molecule has 0 spiro atoms. The van der Waals surface area contributed by atoms with E-state index in [0.29, 0.717) is 64.1 Å². The summed E-state index contributed by atoms with van der Waals surface area (Å²) in [5.74, 6) is 0.148. The minimum absolute atomic E-state index is 0.379. The summed E-state index contributed by atoms with van der Waals surface area (Å²) in [7, 11) is 1.64. The lowest BCUT2D eigenvalue weighted by molar-refractivity contribution is 0.00495. The Morgan fingerprint density at radius 1 is 0.759 bits per heavy atom. The van der Waals surface area contributed by atoms with Gasteiger partial charge in [-0.15, -0.1) is 0 Å². The predicted octanol–water partition coefficient (Wildman–Crippen LogP) is 3.01. The number of carbonyl (C=O) groups excluding carboxylic acids is 1. The predicted molar refractivity (Wildman–Crippen MR) is 111 cm³/mol. The first kappa shape index (κ1) is 22.8. The minimum Gasteiger partial charge on any atom is -0.423 e. The van der Waals surface area contributed by atoms with Crippen LogP contribution in [0.1, 0.15) is 10.4 Å². The zero-order chi connectivity index (χ0) is 20.6. The second-order valence-electron chi connectivity index (χ2n) is 6.04. The average molecular weight is 403 g/mol. The third kappa shape index (κ3) is 10.0. The van der Waals surface area contributed by atoms with E-state index in [2.05, 4.69) is 5.32 Å². The highest BCUT2D eigenvalue weighted by molar-refractivity contribution is 5.91. The molecule has 158 valence electrons. The van der Waals surface area contributed by atoms with E-state index in [-0.39, 0.29) is 5.97 Å². The number of benzene rings is 2. The average Bonchev–Trinajstić information content (AvgIpc) is 2.75. The van der Waals surface area contributed by atoms with Crippen molar-refractivity contribution in [3.63, 3.8) is 0 Å². The number of methoxy groups -OCH3 is 1. The molecule has 2 aromatic rings. The molecule has 0 amide bonds. The van der Waals surface area contributed by atoms with E-state index in [0.717, 1.165) is 5.69 Å². The Kier molecular flexibility index (Phi) is 11.4. The largest absolute Gasteiger partial charge is 0.423 e. The van der Waals surface area contributed by atoms with Gasteiger partial charge in [-0.1, -0.05) is 18.2 Å². The maximum atomic E-state index is 12.1. The molecule has 0 bridgehead atoms. The van der Waals surface area contributed by atoms with Gasteiger partial charge in [0.25, 0.3) is 0 Å². The molecule has 0 aliphatic rings. The summed E-state index contributed by atoms with van der Waals surface area (Å²) in [5, 5.41) is 3.24. The van der Waals surface area contributed by atoms with E-state index in [9.17, 15) is 4.79 Å². The van der Waals surface area contributed by atoms with Crippen molar-refractivity contribution in [2.45, 2.75) is 0 Å². The van der Waals surface area contributed by atoms with Crippen molar-refractivity contribution in [2.75, 3.05) is 65.2 Å². The number of carbonyl (C=O) groups is 1. The second-order valence-corrected chi connectivity index (χ2v) is 6.04. The third-order valence-corrected chi connectivity index (χ3v) is 3.83. The van der Waals surface area contributed by atoms with Crippen molar-refractivity contribution < 1.29 is 28.5 Å². The van der Waals surface area contributed by atoms with Gasteiger partial charge < -0.3 is 29.0 Å². The zero-order valence-corrected chi connectivity index (χ0v) is 16.8. The van der Waals surface area contributed by atoms with Crippen LogP contribution >= 0.6 is 0 Å². The highest BCUT2D eigenvalue weighted by Gasteiger charge is 2.08. The van der Waals surface area contributed by atoms with Gasteiger partial charge in [0.05, 0.1) is 51.8 Å². The molecule has 0 atom stereocenters. The van der Waals surface area contributed by atoms with Gasteiger partial charge in [-0.25, -0.2) is 4.79 Å². The van der Waals surface area contributed by atoms with Gasteiger partial charge in [-0.3, -0.25) is 0 Å². The van der Waals surface area contributed by atoms with Crippen LogP contribution in [-0.4, -0.2) is 65.9 Å². The van der Waals surface area contributed by atoms with E-state index in [4.69, 9.17) is 23.7 Å². The molecule has 7 nitrogen and oxygen atoms in total. The van der Waals surface area contributed by atoms with Crippen molar-refractivity contribution in [3.05, 3.63) is 60.2 Å². The van der Waals surface area contributed by atoms with E-state index in [1.165, 1.54) is 0 Å². The van der Waals surface area contributed by atoms with Crippen LogP contribution in [0.4, 0.5) is 5.69 Å². The molecule has 29 heavy (non-hydrogen) atoms. The first-order valence-electron chi connectivity index (χ1n) is 9.63. The molecular formula is C22H29NO6. The molecule has 0 saturated carbocycles. The van der Waals surface area contributed by atoms with Crippen LogP contribution in [0, 0.1) is 0 Å². The number of hydrogen-bond donors (Lipinski definition) is 1. The number of nitrogens with one attached hydrogen (secondary N) is 1. The van der Waals surface area contributed by atoms with Gasteiger partial charge in [-0.05, 0) is 36.4 Å². The topological polar surface area (TPSA) is 75.3 Å². The summed E-state index contributed by atoms with van der Waals surface area (Å²) in [6, 6.07) is 16.2. The summed E-state index contributed by atoms with van der Waals surface area (Å²) in [6.45, 7) is 4.56. The summed E-state index contributed by atoms with van der Waals surface area (Å²) >= 11 is 0. The minimum atomic E-state index is -0.379. The quantitative estimate of drug-likeness (QED) is 0.278. The Hall–Kier alpha value is -2.45. The van der Waals surface area contributed by atoms with Crippen LogP contribution < -0.4 is 10.1 Å². The van der Waals surface area contributed by atoms with Gasteiger partial charge in [0.2, 0.25) is 0 Å². The molecule has 1 N–H and O–H groups in total. The Balaban J connectivity index is 1.51. The first-order chi connectivity index (χ1) is 14.3. The van der Waals surface area contributed by atoms with E-state index in [1.54, 1.807) is 31.4 Å². The number of para-hydroxylation sites is 1. The van der Waals surface area contributed by atoms with Crippen LogP contribution in [-0.2, 0) is 18.9 Å². The molecule has 2 rings (SSSR count). The highest BCUT2D eigenvalue weighted by Crippen LogP contribution is 2.14. The Bertz CT molecular complexity index is 677. The zero-order valence-electron chi connectivity index (χ0n) is 16.8. The summed E-state index contributed by atoms with van der Waals surface area (Å²) in [4.78, 5) is 12.1. The third-order valence-electron chi connectivity index (χ3n) is 3.83. The molecule has 0 radical (unpaired) electrons. The monoisotopic (exact) mass is 403 g/mol. The summed E-state index contributed by atoms with van der Waals surface area (Å²) in [5.41, 5.74) is 1.41. The normalized spacial score (nSPS) is 10.7. The van der Waals surface area contributed by atoms with E-state index in [1.807, 2.05) is 30.3 Å². The van der Waals surface area contributed by atoms with Crippen molar-refractivity contribution in [1.29, 1.82) is 0 Å². The van der Waals surface area contributed by atoms with Crippen molar-refractivity contribution in [1.82, 2.24) is 0 Å². The van der Waals surface area contributed by atoms with Gasteiger partial charge in [-0.2, -0.15) is 0 Å². The molecule has 0 unspecified atom stereocenters. The molecule has 0 heterocycles. The van der Waals surface area contributed by atoms with Crippen LogP contribution in [0.25, 0.3) is 0 Å². The van der Waals surface area contributed by atoms with Crippen molar-refractivity contribution in [2.24, 2.45) is 0 Å². The maximum Gasteiger partial charge on any atom is 0.343 e. The molecule has 0 saturated heterocycles. The van der Waals surface area contributed by atoms with E-state index < -0.39 is 0 Å². The van der Waals surface area contributed by atoms with Gasteiger partial charge in [0.1, 0.15) is 5.75 Å². The fraction of sp³-hybridized carbons (Fsp3) is 0.409. The molecule has 2 aromatic carbocycles. The number of anilines is 1. The standard InChI is InChI=1S/C22H29NO6/c1-25-13-14-27-17-18-28-16-15-26-12-11-23-20-9-7-19(8-10-20)22(24)29-21-5-3-2-4-6-21/h2-10,23H,11-18H2,1H3. The number of esters is 1. The lowest BCUT2D eigenvalue weighted by atomic mass is 10.2. The summed E-state index contributed by atoms with van der Waals surface area (Å²) in [6.07, 6.45) is 0. The van der Waals surface area contributed by atoms with Gasteiger partial charge in [0.15, 0.2) is 0 Å². The SMILES string of the molecule is COCCOCCOCCOCCNc1ccc(C(=O)Oc2ccccc2)cc1. The fourth-order valence-electron chi connectivity index (χ4n) is 2.33. The van der Waals surface area contributed by atoms with Crippen molar-refractivity contribution in [3.8, 4) is 5.75 Å². The number of rotatable bonds is 15. The summed E-state index contributed by atoms with van der Waals surface area (Å²) < 4.78 is 26.4. The smallest absolute Gasteiger partial charge is 0.343 e. The maximum absolute atomic E-state index is 12.1. The lowest BCUT2D eigenvalue weighted by Crippen LogP contribution is -2.14. The lowest BCUT2D eigenvalue weighted by Gasteiger charge is -2.09. The van der Waals surface area contributed by atoms with Crippen LogP contribution in [0.15, 0.2) is 54.6 Å². The molecule has 0 fully saturated rings. The molecule has 0 aromatic heterocycles. The molecular weight excluding hydrogens is 374 g/mol. The van der Waals surface area contributed by atoms with Gasteiger partial charge >= 0.3 is 5.97 Å². The number of hydrogen-bond acceptors (Lipinski definition) is 7. The van der Waals surface area contributed by atoms with E-state index >= 15 is 0 Å². The molecule has 0 aliphatic carbocycles. The van der Waals surface area contributed by atoms with Gasteiger partial charge in [0, 0.05) is 19.3 Å². The highest BCUT2D eigenvalue weighted by atomic mass is 16.6. The molecule has 0 aliphatic heterocycles. The van der Waals surface area contributed by atoms with Crippen LogP contribution in [0.5, 0.6) is 5.75 Å². The number of ether oxygens (including phenoxy) is 5. The van der Waals surface area contributed by atoms with Crippen LogP contribution in [0.3, 0.4) is 0 Å². The molecule has 7 heteroatoms. The Labute approximate surface area is 171 Å². The Morgan fingerprint density at radius 2 is 1.34 bits per heavy atom. The first-order valence-corrected chi connectivity index (χ1v) is 9.63.